The largest absolute Gasteiger partial charge is 0.456 e. The minimum atomic E-state index is -0.755. The van der Waals surface area contributed by atoms with Gasteiger partial charge in [0.2, 0.25) is 0 Å². The predicted molar refractivity (Wildman–Crippen MR) is 139 cm³/mol. The zero-order chi connectivity index (χ0) is 22.2. The molecule has 160 valence electrons. The topological polar surface area (TPSA) is 21.7 Å². The standard InChI is InChI=1S/C30H18NO2P/c1-2-7-19(8-3-1)20-15-17-21(18-16-20)31-22-9-4-11-24-28(22)34-29-23(31)10-5-12-25(29)33-27-14-6-13-26(32-24)30(27)34/h1-18H. The summed E-state index contributed by atoms with van der Waals surface area (Å²) in [7, 11) is -0.755. The van der Waals surface area contributed by atoms with Crippen molar-refractivity contribution in [1.29, 1.82) is 0 Å². The quantitative estimate of drug-likeness (QED) is 0.259. The van der Waals surface area contributed by atoms with Crippen molar-refractivity contribution in [3.05, 3.63) is 109 Å². The molecule has 0 saturated heterocycles. The maximum atomic E-state index is 6.42. The lowest BCUT2D eigenvalue weighted by Gasteiger charge is -2.43. The Labute approximate surface area is 198 Å². The molecule has 5 aromatic carbocycles. The van der Waals surface area contributed by atoms with E-state index in [0.29, 0.717) is 0 Å². The number of nitrogens with zero attached hydrogens (tertiary/aromatic N) is 1. The molecule has 5 aromatic rings. The molecule has 0 atom stereocenters. The molecule has 0 spiro atoms. The molecule has 4 heteroatoms. The second-order valence-electron chi connectivity index (χ2n) is 8.64. The molecule has 0 unspecified atom stereocenters. The zero-order valence-electron chi connectivity index (χ0n) is 18.1. The fourth-order valence-corrected chi connectivity index (χ4v) is 8.14. The van der Waals surface area contributed by atoms with Crippen molar-refractivity contribution in [3.63, 3.8) is 0 Å². The summed E-state index contributed by atoms with van der Waals surface area (Å²) in [6, 6.07) is 38.3. The van der Waals surface area contributed by atoms with Crippen LogP contribution in [0.4, 0.5) is 17.1 Å². The lowest BCUT2D eigenvalue weighted by atomic mass is 10.0. The van der Waals surface area contributed by atoms with E-state index in [1.165, 1.54) is 38.4 Å². The van der Waals surface area contributed by atoms with E-state index in [4.69, 9.17) is 9.47 Å². The Kier molecular flexibility index (Phi) is 3.63. The van der Waals surface area contributed by atoms with Crippen LogP contribution in [0.25, 0.3) is 11.1 Å². The van der Waals surface area contributed by atoms with Gasteiger partial charge in [-0.3, -0.25) is 0 Å². The summed E-state index contributed by atoms with van der Waals surface area (Å²) in [5.41, 5.74) is 5.92. The first kappa shape index (κ1) is 18.4. The monoisotopic (exact) mass is 455 g/mol. The number of benzene rings is 5. The van der Waals surface area contributed by atoms with Crippen molar-refractivity contribution in [2.75, 3.05) is 4.90 Å². The Morgan fingerprint density at radius 2 is 0.941 bits per heavy atom. The predicted octanol–water partition coefficient (Wildman–Crippen LogP) is 7.11. The van der Waals surface area contributed by atoms with Gasteiger partial charge in [-0.25, -0.2) is 0 Å². The Morgan fingerprint density at radius 3 is 1.53 bits per heavy atom. The summed E-state index contributed by atoms with van der Waals surface area (Å²) in [5, 5.41) is 3.73. The summed E-state index contributed by atoms with van der Waals surface area (Å²) >= 11 is 0. The SMILES string of the molecule is c1ccc(-c2ccc(N3c4cccc5c4P4c6c(cccc6Oc6cccc3c64)O5)cc2)cc1. The third-order valence-corrected chi connectivity index (χ3v) is 9.42. The van der Waals surface area contributed by atoms with E-state index in [1.807, 2.05) is 6.07 Å². The highest BCUT2D eigenvalue weighted by atomic mass is 31.1. The Hall–Kier alpha value is -4.07. The third-order valence-electron chi connectivity index (χ3n) is 6.74. The van der Waals surface area contributed by atoms with Crippen LogP contribution in [0.2, 0.25) is 0 Å². The van der Waals surface area contributed by atoms with Crippen LogP contribution < -0.4 is 30.3 Å². The first-order valence-corrected chi connectivity index (χ1v) is 12.7. The molecule has 0 saturated carbocycles. The van der Waals surface area contributed by atoms with Gasteiger partial charge in [-0.1, -0.05) is 60.7 Å². The third kappa shape index (κ3) is 2.40. The number of anilines is 3. The molecule has 0 fully saturated rings. The molecule has 0 amide bonds. The van der Waals surface area contributed by atoms with Crippen LogP contribution in [-0.2, 0) is 0 Å². The van der Waals surface area contributed by atoms with Gasteiger partial charge in [-0.15, -0.1) is 0 Å². The summed E-state index contributed by atoms with van der Waals surface area (Å²) < 4.78 is 12.8. The molecule has 0 aliphatic carbocycles. The number of hydrogen-bond donors (Lipinski definition) is 0. The van der Waals surface area contributed by atoms with Crippen molar-refractivity contribution >= 4 is 40.9 Å². The molecule has 0 aromatic heterocycles. The van der Waals surface area contributed by atoms with E-state index in [-0.39, 0.29) is 0 Å². The minimum Gasteiger partial charge on any atom is -0.456 e. The van der Waals surface area contributed by atoms with Gasteiger partial charge in [0, 0.05) is 13.6 Å². The smallest absolute Gasteiger partial charge is 0.139 e. The fourth-order valence-electron chi connectivity index (χ4n) is 5.30. The maximum absolute atomic E-state index is 6.42. The van der Waals surface area contributed by atoms with E-state index in [2.05, 4.69) is 108 Å². The normalized spacial score (nSPS) is 14.2. The van der Waals surface area contributed by atoms with E-state index in [1.54, 1.807) is 0 Å². The second-order valence-corrected chi connectivity index (χ2v) is 10.7. The van der Waals surface area contributed by atoms with Gasteiger partial charge >= 0.3 is 0 Å². The van der Waals surface area contributed by atoms with Crippen LogP contribution in [-0.4, -0.2) is 0 Å². The number of rotatable bonds is 2. The van der Waals surface area contributed by atoms with Crippen molar-refractivity contribution in [1.82, 2.24) is 0 Å². The molecule has 0 radical (unpaired) electrons. The Bertz CT molecular complexity index is 1540. The molecular formula is C30H18NO2P. The first-order chi connectivity index (χ1) is 16.9. The van der Waals surface area contributed by atoms with E-state index in [0.717, 1.165) is 28.7 Å². The first-order valence-electron chi connectivity index (χ1n) is 11.4. The molecule has 0 N–H and O–H groups in total. The van der Waals surface area contributed by atoms with Gasteiger partial charge in [-0.2, -0.15) is 0 Å². The number of ether oxygens (including phenoxy) is 2. The summed E-state index contributed by atoms with van der Waals surface area (Å²) in [6.07, 6.45) is 0. The summed E-state index contributed by atoms with van der Waals surface area (Å²) in [5.74, 6) is 3.71. The van der Waals surface area contributed by atoms with Gasteiger partial charge in [0.15, 0.2) is 0 Å². The van der Waals surface area contributed by atoms with E-state index >= 15 is 0 Å². The second kappa shape index (κ2) is 6.72. The van der Waals surface area contributed by atoms with Gasteiger partial charge in [0.05, 0.1) is 27.3 Å². The molecule has 0 bridgehead atoms. The van der Waals surface area contributed by atoms with Gasteiger partial charge in [0.1, 0.15) is 23.0 Å². The maximum Gasteiger partial charge on any atom is 0.139 e. The van der Waals surface area contributed by atoms with E-state index < -0.39 is 7.92 Å². The summed E-state index contributed by atoms with van der Waals surface area (Å²) in [6.45, 7) is 0. The molecule has 3 aliphatic heterocycles. The van der Waals surface area contributed by atoms with Crippen molar-refractivity contribution in [2.45, 2.75) is 0 Å². The molecule has 3 heterocycles. The molecule has 8 rings (SSSR count). The average Bonchev–Trinajstić information content (AvgIpc) is 2.90. The number of hydrogen-bond acceptors (Lipinski definition) is 3. The lowest BCUT2D eigenvalue weighted by molar-refractivity contribution is 0.466. The highest BCUT2D eigenvalue weighted by molar-refractivity contribution is 7.81. The Morgan fingerprint density at radius 1 is 0.441 bits per heavy atom. The van der Waals surface area contributed by atoms with Crippen molar-refractivity contribution in [3.8, 4) is 34.1 Å². The van der Waals surface area contributed by atoms with Crippen LogP contribution in [0.15, 0.2) is 109 Å². The highest BCUT2D eigenvalue weighted by Gasteiger charge is 2.44. The molecular weight excluding hydrogens is 437 g/mol. The average molecular weight is 455 g/mol. The van der Waals surface area contributed by atoms with Gasteiger partial charge < -0.3 is 14.4 Å². The van der Waals surface area contributed by atoms with E-state index in [9.17, 15) is 0 Å². The lowest BCUT2D eigenvalue weighted by Crippen LogP contribution is -2.39. The minimum absolute atomic E-state index is 0.755. The van der Waals surface area contributed by atoms with Crippen LogP contribution in [0.3, 0.4) is 0 Å². The van der Waals surface area contributed by atoms with Crippen LogP contribution >= 0.6 is 7.92 Å². The van der Waals surface area contributed by atoms with Crippen molar-refractivity contribution in [2.24, 2.45) is 0 Å². The van der Waals surface area contributed by atoms with Crippen LogP contribution in [0.5, 0.6) is 23.0 Å². The molecule has 3 nitrogen and oxygen atoms in total. The Balaban J connectivity index is 1.37. The van der Waals surface area contributed by atoms with Crippen molar-refractivity contribution < 1.29 is 9.47 Å². The van der Waals surface area contributed by atoms with Gasteiger partial charge in [-0.05, 0) is 59.7 Å². The molecule has 3 aliphatic rings. The fraction of sp³-hybridized carbons (Fsp3) is 0. The van der Waals surface area contributed by atoms with Gasteiger partial charge in [0.25, 0.3) is 0 Å². The highest BCUT2D eigenvalue weighted by Crippen LogP contribution is 2.59. The summed E-state index contributed by atoms with van der Waals surface area (Å²) in [4.78, 5) is 2.36. The molecule has 34 heavy (non-hydrogen) atoms. The zero-order valence-corrected chi connectivity index (χ0v) is 19.0. The van der Waals surface area contributed by atoms with Crippen LogP contribution in [0, 0.1) is 0 Å². The van der Waals surface area contributed by atoms with Crippen LogP contribution in [0.1, 0.15) is 0 Å².